The number of nitrogens with zero attached hydrogens (tertiary/aromatic N) is 3. The maximum atomic E-state index is 12.9. The molecule has 0 unspecified atom stereocenters. The van der Waals surface area contributed by atoms with E-state index in [0.29, 0.717) is 12.5 Å². The van der Waals surface area contributed by atoms with Crippen molar-refractivity contribution in [2.45, 2.75) is 31.5 Å². The van der Waals surface area contributed by atoms with E-state index < -0.39 is 0 Å². The molecule has 6 nitrogen and oxygen atoms in total. The van der Waals surface area contributed by atoms with Gasteiger partial charge in [0.05, 0.1) is 12.0 Å². The molecule has 130 valence electrons. The van der Waals surface area contributed by atoms with Gasteiger partial charge in [-0.25, -0.2) is 0 Å². The number of amides is 1. The van der Waals surface area contributed by atoms with Crippen LogP contribution in [0.1, 0.15) is 24.6 Å². The Kier molecular flexibility index (Phi) is 3.77. The Labute approximate surface area is 141 Å². The number of hydrogen-bond acceptors (Lipinski definition) is 4. The lowest BCUT2D eigenvalue weighted by Crippen LogP contribution is -2.47. The number of fused-ring (bicyclic) bond motifs is 4. The molecule has 3 heterocycles. The number of carbonyl (C=O) groups excluding carboxylic acids is 1. The summed E-state index contributed by atoms with van der Waals surface area (Å²) in [5.74, 6) is 0.337. The molecule has 2 bridgehead atoms. The van der Waals surface area contributed by atoms with Gasteiger partial charge in [-0.2, -0.15) is 0 Å². The van der Waals surface area contributed by atoms with Crippen LogP contribution in [0.3, 0.4) is 0 Å². The average Bonchev–Trinajstić information content (AvgIpc) is 3.33. The predicted molar refractivity (Wildman–Crippen MR) is 89.4 cm³/mol. The van der Waals surface area contributed by atoms with Crippen LogP contribution in [0.5, 0.6) is 0 Å². The third kappa shape index (κ3) is 2.31. The molecule has 1 aromatic heterocycles. The molecule has 1 aliphatic carbocycles. The zero-order chi connectivity index (χ0) is 17.0. The summed E-state index contributed by atoms with van der Waals surface area (Å²) in [7, 11) is 3.53. The van der Waals surface area contributed by atoms with Gasteiger partial charge in [0.1, 0.15) is 0 Å². The summed E-state index contributed by atoms with van der Waals surface area (Å²) in [5.41, 5.74) is 0.916. The third-order valence-electron chi connectivity index (χ3n) is 5.94. The van der Waals surface area contributed by atoms with Gasteiger partial charge in [0.15, 0.2) is 0 Å². The average molecular weight is 331 g/mol. The Morgan fingerprint density at radius 2 is 2.08 bits per heavy atom. The second-order valence-corrected chi connectivity index (χ2v) is 7.66. The van der Waals surface area contributed by atoms with E-state index in [4.69, 9.17) is 0 Å². The predicted octanol–water partition coefficient (Wildman–Crippen LogP) is 0.310. The summed E-state index contributed by atoms with van der Waals surface area (Å²) in [6.45, 7) is 1.52. The van der Waals surface area contributed by atoms with Gasteiger partial charge in [-0.1, -0.05) is 6.07 Å². The molecule has 4 atom stereocenters. The third-order valence-corrected chi connectivity index (χ3v) is 5.94. The quantitative estimate of drug-likeness (QED) is 0.862. The molecule has 0 radical (unpaired) electrons. The van der Waals surface area contributed by atoms with E-state index in [9.17, 15) is 14.7 Å². The van der Waals surface area contributed by atoms with Crippen LogP contribution < -0.4 is 5.56 Å². The summed E-state index contributed by atoms with van der Waals surface area (Å²) >= 11 is 0. The molecule has 1 amide bonds. The van der Waals surface area contributed by atoms with Crippen LogP contribution in [-0.4, -0.2) is 58.7 Å². The number of hydrogen-bond donors (Lipinski definition) is 1. The largest absolute Gasteiger partial charge is 0.396 e. The first-order chi connectivity index (χ1) is 11.5. The van der Waals surface area contributed by atoms with E-state index in [0.717, 1.165) is 12.2 Å². The van der Waals surface area contributed by atoms with Crippen molar-refractivity contribution >= 4 is 5.91 Å². The first-order valence-corrected chi connectivity index (χ1v) is 8.80. The highest BCUT2D eigenvalue weighted by Crippen LogP contribution is 2.50. The minimum Gasteiger partial charge on any atom is -0.396 e. The molecule has 6 heteroatoms. The van der Waals surface area contributed by atoms with Gasteiger partial charge < -0.3 is 14.6 Å². The summed E-state index contributed by atoms with van der Waals surface area (Å²) in [6.07, 6.45) is 2.49. The van der Waals surface area contributed by atoms with E-state index in [1.165, 1.54) is 12.8 Å². The lowest BCUT2D eigenvalue weighted by Gasteiger charge is -2.38. The van der Waals surface area contributed by atoms with E-state index >= 15 is 0 Å². The van der Waals surface area contributed by atoms with Gasteiger partial charge >= 0.3 is 0 Å². The van der Waals surface area contributed by atoms with Crippen LogP contribution in [0.2, 0.25) is 0 Å². The van der Waals surface area contributed by atoms with Gasteiger partial charge in [0, 0.05) is 57.5 Å². The summed E-state index contributed by atoms with van der Waals surface area (Å²) in [4.78, 5) is 29.2. The zero-order valence-corrected chi connectivity index (χ0v) is 14.3. The molecule has 1 saturated heterocycles. The maximum absolute atomic E-state index is 12.9. The normalized spacial score (nSPS) is 31.8. The molecule has 3 aliphatic rings. The fraction of sp³-hybridized carbons (Fsp3) is 0.667. The smallest absolute Gasteiger partial charge is 0.250 e. The van der Waals surface area contributed by atoms with Gasteiger partial charge in [0.2, 0.25) is 5.91 Å². The molecule has 1 aromatic rings. The number of aliphatic hydroxyl groups is 1. The molecule has 2 aliphatic heterocycles. The molecule has 4 rings (SSSR count). The summed E-state index contributed by atoms with van der Waals surface area (Å²) in [5, 5.41) is 10.0. The van der Waals surface area contributed by atoms with Gasteiger partial charge in [-0.05, 0) is 24.8 Å². The molecule has 24 heavy (non-hydrogen) atoms. The molecular formula is C18H25N3O3. The van der Waals surface area contributed by atoms with Crippen molar-refractivity contribution in [3.05, 3.63) is 34.2 Å². The summed E-state index contributed by atoms with van der Waals surface area (Å²) < 4.78 is 1.81. The second kappa shape index (κ2) is 5.70. The Morgan fingerprint density at radius 1 is 1.33 bits per heavy atom. The first-order valence-electron chi connectivity index (χ1n) is 8.80. The van der Waals surface area contributed by atoms with Crippen LogP contribution in [0, 0.1) is 17.8 Å². The monoisotopic (exact) mass is 331 g/mol. The number of aliphatic hydroxyl groups excluding tert-OH is 1. The second-order valence-electron chi connectivity index (χ2n) is 7.66. The van der Waals surface area contributed by atoms with Crippen molar-refractivity contribution in [2.24, 2.45) is 17.8 Å². The minimum atomic E-state index is -0.288. The van der Waals surface area contributed by atoms with E-state index in [1.807, 2.05) is 10.6 Å². The molecule has 2 fully saturated rings. The topological polar surface area (TPSA) is 65.8 Å². The van der Waals surface area contributed by atoms with Crippen LogP contribution in [0.4, 0.5) is 0 Å². The zero-order valence-electron chi connectivity index (χ0n) is 14.3. The molecule has 0 aromatic carbocycles. The Hall–Kier alpha value is -1.66. The maximum Gasteiger partial charge on any atom is 0.250 e. The van der Waals surface area contributed by atoms with Crippen LogP contribution in [0.15, 0.2) is 23.0 Å². The van der Waals surface area contributed by atoms with Crippen LogP contribution >= 0.6 is 0 Å². The van der Waals surface area contributed by atoms with Gasteiger partial charge in [-0.3, -0.25) is 14.5 Å². The SMILES string of the molecule is CN(C)C(=O)[C@@H]1[C@@H](CO)[C@@H]2Cn3c(cccc3=O)[C@H]1N2CC1CC1. The highest BCUT2D eigenvalue weighted by atomic mass is 16.3. The highest BCUT2D eigenvalue weighted by Gasteiger charge is 2.56. The lowest BCUT2D eigenvalue weighted by atomic mass is 9.86. The van der Waals surface area contributed by atoms with E-state index in [-0.39, 0.29) is 42.0 Å². The molecule has 1 N–H and O–H groups in total. The van der Waals surface area contributed by atoms with Crippen molar-refractivity contribution < 1.29 is 9.90 Å². The Bertz CT molecular complexity index is 710. The Balaban J connectivity index is 1.82. The minimum absolute atomic E-state index is 0.0109. The lowest BCUT2D eigenvalue weighted by molar-refractivity contribution is -0.135. The van der Waals surface area contributed by atoms with Crippen molar-refractivity contribution in [3.63, 3.8) is 0 Å². The van der Waals surface area contributed by atoms with Crippen molar-refractivity contribution in [1.82, 2.24) is 14.4 Å². The molecular weight excluding hydrogens is 306 g/mol. The van der Waals surface area contributed by atoms with E-state index in [1.54, 1.807) is 31.1 Å². The fourth-order valence-corrected chi connectivity index (χ4v) is 4.60. The number of rotatable bonds is 4. The van der Waals surface area contributed by atoms with Crippen LogP contribution in [-0.2, 0) is 11.3 Å². The molecule has 1 saturated carbocycles. The number of aromatic nitrogens is 1. The fourth-order valence-electron chi connectivity index (χ4n) is 4.60. The first kappa shape index (κ1) is 15.8. The summed E-state index contributed by atoms with van der Waals surface area (Å²) in [6, 6.07) is 5.29. The Morgan fingerprint density at radius 3 is 2.71 bits per heavy atom. The van der Waals surface area contributed by atoms with Crippen molar-refractivity contribution in [2.75, 3.05) is 27.2 Å². The van der Waals surface area contributed by atoms with Gasteiger partial charge in [-0.15, -0.1) is 0 Å². The highest BCUT2D eigenvalue weighted by molar-refractivity contribution is 5.80. The van der Waals surface area contributed by atoms with Gasteiger partial charge in [0.25, 0.3) is 5.56 Å². The van der Waals surface area contributed by atoms with E-state index in [2.05, 4.69) is 4.90 Å². The van der Waals surface area contributed by atoms with Crippen molar-refractivity contribution in [1.29, 1.82) is 0 Å². The standard InChI is InChI=1S/C18H25N3O3/c1-19(2)18(24)16-12(10-22)14-9-20-13(4-3-5-15(20)23)17(16)21(14)8-11-6-7-11/h3-5,11-12,14,16-17,22H,6-10H2,1-2H3/t12-,14-,16+,17+/m0/s1. The van der Waals surface area contributed by atoms with Crippen molar-refractivity contribution in [3.8, 4) is 0 Å². The molecule has 0 spiro atoms. The number of carbonyl (C=O) groups is 1. The van der Waals surface area contributed by atoms with Crippen LogP contribution in [0.25, 0.3) is 0 Å². The number of pyridine rings is 1.